The Kier molecular flexibility index (Phi) is 5.21. The second-order valence-electron chi connectivity index (χ2n) is 9.52. The van der Waals surface area contributed by atoms with E-state index < -0.39 is 23.5 Å². The van der Waals surface area contributed by atoms with E-state index in [4.69, 9.17) is 4.98 Å². The molecule has 7 rings (SSSR count). The van der Waals surface area contributed by atoms with Crippen molar-refractivity contribution in [1.82, 2.24) is 19.5 Å². The molecule has 3 heterocycles. The molecule has 0 saturated heterocycles. The zero-order chi connectivity index (χ0) is 25.0. The number of benzene rings is 1. The third kappa shape index (κ3) is 3.50. The topological polar surface area (TPSA) is 120 Å². The maximum Gasteiger partial charge on any atom is 0.308 e. The molecule has 3 aromatic heterocycles. The van der Waals surface area contributed by atoms with Gasteiger partial charge in [-0.25, -0.2) is 18.7 Å². The lowest BCUT2D eigenvalue weighted by Crippen LogP contribution is -2.51. The first-order valence-corrected chi connectivity index (χ1v) is 11.9. The van der Waals surface area contributed by atoms with Gasteiger partial charge in [-0.2, -0.15) is 5.26 Å². The molecular weight excluding hydrogens is 466 g/mol. The number of carboxylic acid groups (broad SMARTS) is 1. The van der Waals surface area contributed by atoms with Gasteiger partial charge in [-0.05, 0) is 67.9 Å². The maximum absolute atomic E-state index is 14.0. The number of fused-ring (bicyclic) bond motifs is 4. The predicted molar refractivity (Wildman–Crippen MR) is 127 cm³/mol. The van der Waals surface area contributed by atoms with Crippen LogP contribution in [-0.4, -0.2) is 36.6 Å². The molecule has 0 amide bonds. The van der Waals surface area contributed by atoms with Crippen LogP contribution in [-0.2, 0) is 4.79 Å². The minimum absolute atomic E-state index is 0.0804. The Morgan fingerprint density at radius 3 is 2.56 bits per heavy atom. The number of carboxylic acids is 1. The average molecular weight is 488 g/mol. The number of aromatic nitrogens is 4. The number of pyridine rings is 1. The molecule has 3 saturated carbocycles. The molecule has 0 radical (unpaired) electrons. The predicted octanol–water partition coefficient (Wildman–Crippen LogP) is 4.87. The molecule has 3 fully saturated rings. The summed E-state index contributed by atoms with van der Waals surface area (Å²) < 4.78 is 29.3. The van der Waals surface area contributed by atoms with E-state index in [0.29, 0.717) is 22.3 Å². The van der Waals surface area contributed by atoms with Gasteiger partial charge in [0, 0.05) is 23.2 Å². The number of aliphatic carboxylic acids is 1. The third-order valence-electron chi connectivity index (χ3n) is 7.62. The zero-order valence-corrected chi connectivity index (χ0v) is 19.1. The number of aromatic amines is 1. The summed E-state index contributed by atoms with van der Waals surface area (Å²) in [5.41, 5.74) is 1.86. The quantitative estimate of drug-likeness (QED) is 0.369. The summed E-state index contributed by atoms with van der Waals surface area (Å²) in [6, 6.07) is 8.79. The smallest absolute Gasteiger partial charge is 0.308 e. The van der Waals surface area contributed by atoms with Gasteiger partial charge in [0.05, 0.1) is 17.8 Å². The molecular formula is C26H22F2N6O2. The molecule has 36 heavy (non-hydrogen) atoms. The first-order valence-electron chi connectivity index (χ1n) is 11.9. The lowest BCUT2D eigenvalue weighted by molar-refractivity contribution is -0.148. The highest BCUT2D eigenvalue weighted by Crippen LogP contribution is 2.47. The number of halogens is 2. The van der Waals surface area contributed by atoms with Gasteiger partial charge in [-0.1, -0.05) is 0 Å². The molecule has 8 nitrogen and oxygen atoms in total. The first-order chi connectivity index (χ1) is 17.4. The van der Waals surface area contributed by atoms with Gasteiger partial charge in [-0.3, -0.25) is 9.36 Å². The van der Waals surface area contributed by atoms with Crippen LogP contribution in [0.15, 0.2) is 42.7 Å². The fourth-order valence-electron chi connectivity index (χ4n) is 5.99. The molecule has 3 aliphatic carbocycles. The molecule has 2 atom stereocenters. The van der Waals surface area contributed by atoms with Crippen molar-refractivity contribution in [2.75, 3.05) is 5.32 Å². The number of nitriles is 1. The molecule has 1 aromatic carbocycles. The van der Waals surface area contributed by atoms with E-state index in [2.05, 4.69) is 21.4 Å². The van der Waals surface area contributed by atoms with Gasteiger partial charge >= 0.3 is 5.97 Å². The number of carbonyl (C=O) groups is 1. The van der Waals surface area contributed by atoms with Gasteiger partial charge in [0.2, 0.25) is 5.95 Å². The summed E-state index contributed by atoms with van der Waals surface area (Å²) in [5, 5.41) is 24.0. The second kappa shape index (κ2) is 8.45. The Bertz CT molecular complexity index is 1510. The van der Waals surface area contributed by atoms with Crippen LogP contribution < -0.4 is 5.32 Å². The molecule has 10 heteroatoms. The van der Waals surface area contributed by atoms with Gasteiger partial charge in [0.25, 0.3) is 0 Å². The molecule has 4 aromatic rings. The van der Waals surface area contributed by atoms with Crippen molar-refractivity contribution in [2.45, 2.75) is 31.7 Å². The van der Waals surface area contributed by atoms with Gasteiger partial charge in [0.1, 0.15) is 29.0 Å². The third-order valence-corrected chi connectivity index (χ3v) is 7.62. The number of imidazole rings is 1. The zero-order valence-electron chi connectivity index (χ0n) is 19.1. The molecule has 2 bridgehead atoms. The van der Waals surface area contributed by atoms with Crippen molar-refractivity contribution < 1.29 is 18.7 Å². The fourth-order valence-corrected chi connectivity index (χ4v) is 5.99. The van der Waals surface area contributed by atoms with Crippen molar-refractivity contribution in [3.8, 4) is 23.0 Å². The second-order valence-corrected chi connectivity index (χ2v) is 9.52. The number of hydrogen-bond donors (Lipinski definition) is 3. The largest absolute Gasteiger partial charge is 0.481 e. The number of hydrogen-bond acceptors (Lipinski definition) is 5. The highest BCUT2D eigenvalue weighted by atomic mass is 19.1. The van der Waals surface area contributed by atoms with Crippen LogP contribution in [0.4, 0.5) is 14.7 Å². The van der Waals surface area contributed by atoms with E-state index in [1.54, 1.807) is 10.8 Å². The van der Waals surface area contributed by atoms with Gasteiger partial charge < -0.3 is 15.4 Å². The van der Waals surface area contributed by atoms with Crippen LogP contribution >= 0.6 is 0 Å². The Balaban J connectivity index is 1.53. The lowest BCUT2D eigenvalue weighted by Gasteiger charge is -2.47. The number of H-pyrrole nitrogens is 1. The summed E-state index contributed by atoms with van der Waals surface area (Å²) >= 11 is 0. The van der Waals surface area contributed by atoms with Crippen molar-refractivity contribution in [2.24, 2.45) is 17.8 Å². The van der Waals surface area contributed by atoms with E-state index in [1.807, 2.05) is 0 Å². The SMILES string of the molecule is N#Cc1c(-c2c[nH]c3ncc(F)cc23)nc(NC2[C@H]3CC[C@H](CC3)[C@@H]2C(=O)O)n1-c1ccc(F)cc1. The Morgan fingerprint density at radius 1 is 1.14 bits per heavy atom. The number of rotatable bonds is 5. The first kappa shape index (κ1) is 22.2. The van der Waals surface area contributed by atoms with E-state index in [0.717, 1.165) is 31.9 Å². The van der Waals surface area contributed by atoms with E-state index in [9.17, 15) is 23.9 Å². The van der Waals surface area contributed by atoms with Gasteiger partial charge in [-0.15, -0.1) is 0 Å². The number of anilines is 1. The highest BCUT2D eigenvalue weighted by Gasteiger charge is 2.47. The average Bonchev–Trinajstić information content (AvgIpc) is 3.45. The monoisotopic (exact) mass is 488 g/mol. The van der Waals surface area contributed by atoms with Crippen molar-refractivity contribution >= 4 is 23.0 Å². The van der Waals surface area contributed by atoms with Crippen molar-refractivity contribution in [3.05, 3.63) is 60.1 Å². The summed E-state index contributed by atoms with van der Waals surface area (Å²) in [6.07, 6.45) is 6.33. The van der Waals surface area contributed by atoms with Crippen molar-refractivity contribution in [1.29, 1.82) is 5.26 Å². The highest BCUT2D eigenvalue weighted by molar-refractivity contribution is 5.94. The minimum Gasteiger partial charge on any atom is -0.481 e. The van der Waals surface area contributed by atoms with Crippen LogP contribution in [0.1, 0.15) is 31.4 Å². The summed E-state index contributed by atoms with van der Waals surface area (Å²) in [4.78, 5) is 24.0. The maximum atomic E-state index is 14.0. The Hall–Kier alpha value is -4.26. The molecule has 182 valence electrons. The summed E-state index contributed by atoms with van der Waals surface area (Å²) in [5.74, 6) is -1.85. The van der Waals surface area contributed by atoms with Crippen molar-refractivity contribution in [3.63, 3.8) is 0 Å². The standard InChI is InChI=1S/C26H22F2N6O2/c27-15-5-7-17(8-6-15)34-20(10-29)23(19-12-31-24-18(19)9-16(28)11-30-24)33-26(34)32-22-14-3-1-13(2-4-14)21(22)25(35)36/h5-9,11-14,21-22H,1-4H2,(H,30,31)(H,32,33)(H,35,36)/t13-,14+,21-,22?/m0/s1. The van der Waals surface area contributed by atoms with Crippen LogP contribution in [0.3, 0.4) is 0 Å². The molecule has 0 aliphatic heterocycles. The normalized spacial score (nSPS) is 23.0. The van der Waals surface area contributed by atoms with E-state index in [-0.39, 0.29) is 35.2 Å². The Morgan fingerprint density at radius 2 is 1.86 bits per heavy atom. The minimum atomic E-state index is -0.847. The van der Waals surface area contributed by atoms with E-state index in [1.165, 1.54) is 30.3 Å². The molecule has 0 spiro atoms. The fraction of sp³-hybridized carbons (Fsp3) is 0.308. The van der Waals surface area contributed by atoms with Crippen LogP contribution in [0.5, 0.6) is 0 Å². The van der Waals surface area contributed by atoms with Crippen LogP contribution in [0.25, 0.3) is 28.0 Å². The lowest BCUT2D eigenvalue weighted by atomic mass is 9.61. The van der Waals surface area contributed by atoms with Gasteiger partial charge in [0.15, 0.2) is 5.69 Å². The summed E-state index contributed by atoms with van der Waals surface area (Å²) in [6.45, 7) is 0. The number of nitrogens with zero attached hydrogens (tertiary/aromatic N) is 4. The van der Waals surface area contributed by atoms with Crippen LogP contribution in [0.2, 0.25) is 0 Å². The summed E-state index contributed by atoms with van der Waals surface area (Å²) in [7, 11) is 0. The molecule has 3 N–H and O–H groups in total. The Labute approximate surface area is 204 Å². The van der Waals surface area contributed by atoms with E-state index >= 15 is 0 Å². The van der Waals surface area contributed by atoms with Crippen LogP contribution in [0, 0.1) is 40.7 Å². The molecule has 3 aliphatic rings. The molecule has 1 unspecified atom stereocenters. The number of nitrogens with one attached hydrogen (secondary N) is 2.